The lowest BCUT2D eigenvalue weighted by atomic mass is 10.2. The summed E-state index contributed by atoms with van der Waals surface area (Å²) in [5.74, 6) is -0.00366. The first kappa shape index (κ1) is 20.5. The lowest BCUT2D eigenvalue weighted by Gasteiger charge is -2.09. The van der Waals surface area contributed by atoms with Crippen molar-refractivity contribution in [3.8, 4) is 11.5 Å². The number of hydrogen-bond donors (Lipinski definition) is 2. The van der Waals surface area contributed by atoms with Crippen LogP contribution in [0.25, 0.3) is 0 Å². The maximum absolute atomic E-state index is 12.1. The SMILES string of the molecule is COc1cccc(/C=N\NC(=O)CNC(=O)c2cc(Cl)ccc2Cl)c1OC. The number of halogens is 2. The lowest BCUT2D eigenvalue weighted by Crippen LogP contribution is -2.35. The fourth-order valence-corrected chi connectivity index (χ4v) is 2.53. The van der Waals surface area contributed by atoms with Crippen LogP contribution in [0, 0.1) is 0 Å². The molecule has 2 aromatic carbocycles. The Hall–Kier alpha value is -2.77. The molecule has 2 aromatic rings. The summed E-state index contributed by atoms with van der Waals surface area (Å²) in [4.78, 5) is 23.9. The Morgan fingerprint density at radius 3 is 2.63 bits per heavy atom. The number of para-hydroxylation sites is 1. The second-order valence-electron chi connectivity index (χ2n) is 5.18. The zero-order chi connectivity index (χ0) is 19.8. The summed E-state index contributed by atoms with van der Waals surface area (Å²) >= 11 is 11.8. The maximum Gasteiger partial charge on any atom is 0.259 e. The van der Waals surface area contributed by atoms with E-state index in [1.165, 1.54) is 32.6 Å². The number of ether oxygens (including phenoxy) is 2. The molecule has 0 radical (unpaired) electrons. The number of rotatable bonds is 7. The van der Waals surface area contributed by atoms with Crippen LogP contribution in [-0.2, 0) is 4.79 Å². The topological polar surface area (TPSA) is 89.0 Å². The Morgan fingerprint density at radius 2 is 1.93 bits per heavy atom. The molecular weight excluding hydrogens is 393 g/mol. The van der Waals surface area contributed by atoms with Gasteiger partial charge in [-0.1, -0.05) is 29.3 Å². The zero-order valence-electron chi connectivity index (χ0n) is 14.6. The van der Waals surface area contributed by atoms with Gasteiger partial charge in [-0.2, -0.15) is 5.10 Å². The largest absolute Gasteiger partial charge is 0.493 e. The molecule has 0 aromatic heterocycles. The molecule has 9 heteroatoms. The predicted molar refractivity (Wildman–Crippen MR) is 104 cm³/mol. The first-order valence-corrected chi connectivity index (χ1v) is 8.48. The highest BCUT2D eigenvalue weighted by atomic mass is 35.5. The molecule has 0 unspecified atom stereocenters. The summed E-state index contributed by atoms with van der Waals surface area (Å²) in [6, 6.07) is 9.74. The van der Waals surface area contributed by atoms with Gasteiger partial charge in [-0.3, -0.25) is 9.59 Å². The van der Waals surface area contributed by atoms with E-state index in [9.17, 15) is 9.59 Å². The van der Waals surface area contributed by atoms with Crippen molar-refractivity contribution in [2.24, 2.45) is 5.10 Å². The van der Waals surface area contributed by atoms with Crippen LogP contribution in [-0.4, -0.2) is 38.8 Å². The van der Waals surface area contributed by atoms with Crippen LogP contribution in [0.2, 0.25) is 10.0 Å². The molecule has 142 valence electrons. The van der Waals surface area contributed by atoms with Crippen LogP contribution in [0.1, 0.15) is 15.9 Å². The van der Waals surface area contributed by atoms with E-state index >= 15 is 0 Å². The molecule has 0 aliphatic rings. The minimum Gasteiger partial charge on any atom is -0.493 e. The summed E-state index contributed by atoms with van der Waals surface area (Å²) in [6.07, 6.45) is 1.41. The van der Waals surface area contributed by atoms with Gasteiger partial charge in [0, 0.05) is 10.6 Å². The number of nitrogens with zero attached hydrogens (tertiary/aromatic N) is 1. The first-order chi connectivity index (χ1) is 13.0. The minimum absolute atomic E-state index is 0.182. The van der Waals surface area contributed by atoms with Gasteiger partial charge in [0.2, 0.25) is 0 Å². The van der Waals surface area contributed by atoms with Gasteiger partial charge < -0.3 is 14.8 Å². The van der Waals surface area contributed by atoms with Gasteiger partial charge in [-0.25, -0.2) is 5.43 Å². The number of hydrogen-bond acceptors (Lipinski definition) is 5. The van der Waals surface area contributed by atoms with Crippen LogP contribution < -0.4 is 20.2 Å². The predicted octanol–water partition coefficient (Wildman–Crippen LogP) is 2.89. The molecule has 2 rings (SSSR count). The van der Waals surface area contributed by atoms with E-state index in [4.69, 9.17) is 32.7 Å². The van der Waals surface area contributed by atoms with E-state index in [1.807, 2.05) is 0 Å². The van der Waals surface area contributed by atoms with Crippen LogP contribution in [0.15, 0.2) is 41.5 Å². The van der Waals surface area contributed by atoms with Crippen LogP contribution >= 0.6 is 23.2 Å². The monoisotopic (exact) mass is 409 g/mol. The Balaban J connectivity index is 1.92. The summed E-state index contributed by atoms with van der Waals surface area (Å²) in [7, 11) is 3.03. The molecule has 2 N–H and O–H groups in total. The molecule has 0 saturated heterocycles. The quantitative estimate of drug-likeness (QED) is 0.543. The molecule has 0 bridgehead atoms. The smallest absolute Gasteiger partial charge is 0.259 e. The molecular formula is C18H17Cl2N3O4. The van der Waals surface area contributed by atoms with Crippen LogP contribution in [0.4, 0.5) is 0 Å². The molecule has 0 saturated carbocycles. The molecule has 27 heavy (non-hydrogen) atoms. The Kier molecular flexibility index (Phi) is 7.45. The van der Waals surface area contributed by atoms with Crippen molar-refractivity contribution in [2.45, 2.75) is 0 Å². The molecule has 0 atom stereocenters. The van der Waals surface area contributed by atoms with Crippen molar-refractivity contribution in [3.05, 3.63) is 57.6 Å². The summed E-state index contributed by atoms with van der Waals surface area (Å²) in [5.41, 5.74) is 3.11. The number of hydrazone groups is 1. The van der Waals surface area contributed by atoms with Crippen LogP contribution in [0.5, 0.6) is 11.5 Å². The highest BCUT2D eigenvalue weighted by molar-refractivity contribution is 6.35. The zero-order valence-corrected chi connectivity index (χ0v) is 16.1. The maximum atomic E-state index is 12.1. The highest BCUT2D eigenvalue weighted by Crippen LogP contribution is 2.29. The van der Waals surface area contributed by atoms with E-state index in [-0.39, 0.29) is 17.1 Å². The third kappa shape index (κ3) is 5.60. The number of methoxy groups -OCH3 is 2. The average Bonchev–Trinajstić information content (AvgIpc) is 2.67. The van der Waals surface area contributed by atoms with E-state index < -0.39 is 11.8 Å². The molecule has 0 spiro atoms. The normalized spacial score (nSPS) is 10.5. The summed E-state index contributed by atoms with van der Waals surface area (Å²) in [6.45, 7) is -0.283. The van der Waals surface area contributed by atoms with Gasteiger partial charge in [0.1, 0.15) is 0 Å². The molecule has 0 aliphatic carbocycles. The molecule has 0 aliphatic heterocycles. The third-order valence-corrected chi connectivity index (χ3v) is 3.97. The standard InChI is InChI=1S/C18H17Cl2N3O4/c1-26-15-5-3-4-11(17(15)27-2)9-22-23-16(24)10-21-18(25)13-8-12(19)6-7-14(13)20/h3-9H,10H2,1-2H3,(H,21,25)(H,23,24)/b22-9-. The van der Waals surface area contributed by atoms with Gasteiger partial charge in [0.15, 0.2) is 11.5 Å². The summed E-state index contributed by atoms with van der Waals surface area (Å²) in [5, 5.41) is 6.90. The summed E-state index contributed by atoms with van der Waals surface area (Å²) < 4.78 is 10.5. The lowest BCUT2D eigenvalue weighted by molar-refractivity contribution is -0.120. The second-order valence-corrected chi connectivity index (χ2v) is 6.03. The van der Waals surface area contributed by atoms with E-state index in [0.29, 0.717) is 22.1 Å². The van der Waals surface area contributed by atoms with Gasteiger partial charge in [0.25, 0.3) is 11.8 Å². The first-order valence-electron chi connectivity index (χ1n) is 7.72. The van der Waals surface area contributed by atoms with Gasteiger partial charge in [-0.05, 0) is 30.3 Å². The van der Waals surface area contributed by atoms with Gasteiger partial charge in [0.05, 0.1) is 37.6 Å². The fraction of sp³-hybridized carbons (Fsp3) is 0.167. The van der Waals surface area contributed by atoms with Crippen molar-refractivity contribution in [1.82, 2.24) is 10.7 Å². The van der Waals surface area contributed by atoms with Crippen molar-refractivity contribution in [3.63, 3.8) is 0 Å². The Morgan fingerprint density at radius 1 is 1.15 bits per heavy atom. The number of carbonyl (C=O) groups is 2. The highest BCUT2D eigenvalue weighted by Gasteiger charge is 2.12. The van der Waals surface area contributed by atoms with Crippen molar-refractivity contribution >= 4 is 41.2 Å². The Labute approximate surface area is 166 Å². The van der Waals surface area contributed by atoms with Gasteiger partial charge >= 0.3 is 0 Å². The van der Waals surface area contributed by atoms with E-state index in [1.54, 1.807) is 24.3 Å². The third-order valence-electron chi connectivity index (χ3n) is 3.41. The Bertz CT molecular complexity index is 872. The van der Waals surface area contributed by atoms with Crippen LogP contribution in [0.3, 0.4) is 0 Å². The minimum atomic E-state index is -0.518. The fourth-order valence-electron chi connectivity index (χ4n) is 2.15. The van der Waals surface area contributed by atoms with E-state index in [0.717, 1.165) is 0 Å². The number of benzene rings is 2. The van der Waals surface area contributed by atoms with E-state index in [2.05, 4.69) is 15.8 Å². The van der Waals surface area contributed by atoms with Crippen molar-refractivity contribution in [1.29, 1.82) is 0 Å². The number of nitrogens with one attached hydrogen (secondary N) is 2. The molecule has 0 fully saturated rings. The second kappa shape index (κ2) is 9.80. The average molecular weight is 410 g/mol. The number of amides is 2. The van der Waals surface area contributed by atoms with Crippen molar-refractivity contribution < 1.29 is 19.1 Å². The van der Waals surface area contributed by atoms with Gasteiger partial charge in [-0.15, -0.1) is 0 Å². The molecule has 7 nitrogen and oxygen atoms in total. The molecule has 0 heterocycles. The number of carbonyl (C=O) groups excluding carboxylic acids is 2. The molecule has 2 amide bonds. The van der Waals surface area contributed by atoms with Crippen molar-refractivity contribution in [2.75, 3.05) is 20.8 Å².